The first-order chi connectivity index (χ1) is 14.6. The van der Waals surface area contributed by atoms with Crippen LogP contribution in [0, 0.1) is 6.92 Å². The molecule has 0 spiro atoms. The van der Waals surface area contributed by atoms with E-state index in [4.69, 9.17) is 9.26 Å². The number of aryl methyl sites for hydroxylation is 1. The number of carbonyl (C=O) groups excluding carboxylic acids is 1. The van der Waals surface area contributed by atoms with Crippen molar-refractivity contribution >= 4 is 5.91 Å². The Labute approximate surface area is 172 Å². The second-order valence-electron chi connectivity index (χ2n) is 6.67. The number of nitrogens with one attached hydrogen (secondary N) is 1. The Morgan fingerprint density at radius 1 is 1.17 bits per heavy atom. The minimum Gasteiger partial charge on any atom is -0.485 e. The van der Waals surface area contributed by atoms with Gasteiger partial charge in [-0.25, -0.2) is 9.67 Å². The van der Waals surface area contributed by atoms with E-state index in [1.165, 1.54) is 6.33 Å². The number of ether oxygens (including phenoxy) is 1. The highest BCUT2D eigenvalue weighted by Crippen LogP contribution is 2.17. The maximum absolute atomic E-state index is 12.6. The number of hydrogen-bond donors (Lipinski definition) is 1. The van der Waals surface area contributed by atoms with Crippen LogP contribution >= 0.6 is 0 Å². The zero-order valence-corrected chi connectivity index (χ0v) is 16.5. The Balaban J connectivity index is 1.33. The zero-order chi connectivity index (χ0) is 20.9. The number of rotatable bonds is 7. The molecule has 152 valence electrons. The van der Waals surface area contributed by atoms with Gasteiger partial charge in [0.25, 0.3) is 5.91 Å². The SMILES string of the molecule is Cc1nc(COc2ccc(C(=O)NC(C)c3ccc(-n4cncn4)cc3)cc2)no1. The van der Waals surface area contributed by atoms with E-state index in [0.29, 0.717) is 23.0 Å². The highest BCUT2D eigenvalue weighted by atomic mass is 16.5. The van der Waals surface area contributed by atoms with E-state index in [9.17, 15) is 4.79 Å². The molecule has 2 aromatic heterocycles. The summed E-state index contributed by atoms with van der Waals surface area (Å²) in [6, 6.07) is 14.5. The maximum Gasteiger partial charge on any atom is 0.251 e. The molecular weight excluding hydrogens is 384 g/mol. The van der Waals surface area contributed by atoms with Gasteiger partial charge in [-0.2, -0.15) is 10.1 Å². The molecule has 0 aliphatic heterocycles. The third-order valence-corrected chi connectivity index (χ3v) is 4.48. The van der Waals surface area contributed by atoms with Crippen LogP contribution in [-0.4, -0.2) is 30.8 Å². The van der Waals surface area contributed by atoms with E-state index in [2.05, 4.69) is 25.5 Å². The average molecular weight is 404 g/mol. The van der Waals surface area contributed by atoms with Crippen LogP contribution in [0.5, 0.6) is 5.75 Å². The van der Waals surface area contributed by atoms with Crippen molar-refractivity contribution in [3.05, 3.63) is 84.0 Å². The number of hydrogen-bond acceptors (Lipinski definition) is 7. The molecule has 0 aliphatic carbocycles. The van der Waals surface area contributed by atoms with Gasteiger partial charge in [0.05, 0.1) is 11.7 Å². The first kappa shape index (κ1) is 19.3. The van der Waals surface area contributed by atoms with Crippen LogP contribution in [0.1, 0.15) is 40.6 Å². The van der Waals surface area contributed by atoms with Crippen molar-refractivity contribution in [2.45, 2.75) is 26.5 Å². The van der Waals surface area contributed by atoms with E-state index in [1.807, 2.05) is 31.2 Å². The smallest absolute Gasteiger partial charge is 0.251 e. The molecule has 2 aromatic carbocycles. The lowest BCUT2D eigenvalue weighted by molar-refractivity contribution is 0.0940. The van der Waals surface area contributed by atoms with Crippen LogP contribution in [-0.2, 0) is 6.61 Å². The fraction of sp³-hybridized carbons (Fsp3) is 0.190. The molecular formula is C21H20N6O3. The summed E-state index contributed by atoms with van der Waals surface area (Å²) in [5, 5.41) is 10.9. The van der Waals surface area contributed by atoms with E-state index >= 15 is 0 Å². The van der Waals surface area contributed by atoms with Crippen LogP contribution in [0.15, 0.2) is 65.7 Å². The number of benzene rings is 2. The highest BCUT2D eigenvalue weighted by molar-refractivity contribution is 5.94. The third-order valence-electron chi connectivity index (χ3n) is 4.48. The average Bonchev–Trinajstić information content (AvgIpc) is 3.44. The monoisotopic (exact) mass is 404 g/mol. The van der Waals surface area contributed by atoms with Crippen molar-refractivity contribution in [2.24, 2.45) is 0 Å². The van der Waals surface area contributed by atoms with E-state index in [1.54, 1.807) is 42.2 Å². The van der Waals surface area contributed by atoms with Gasteiger partial charge >= 0.3 is 0 Å². The molecule has 9 nitrogen and oxygen atoms in total. The van der Waals surface area contributed by atoms with Gasteiger partial charge in [0.15, 0.2) is 6.61 Å². The first-order valence-corrected chi connectivity index (χ1v) is 9.36. The van der Waals surface area contributed by atoms with E-state index < -0.39 is 0 Å². The Hall–Kier alpha value is -4.01. The van der Waals surface area contributed by atoms with Crippen molar-refractivity contribution in [3.63, 3.8) is 0 Å². The topological polar surface area (TPSA) is 108 Å². The molecule has 0 saturated heterocycles. The summed E-state index contributed by atoms with van der Waals surface area (Å²) in [6.07, 6.45) is 3.12. The summed E-state index contributed by atoms with van der Waals surface area (Å²) in [4.78, 5) is 20.6. The lowest BCUT2D eigenvalue weighted by Crippen LogP contribution is -2.26. The van der Waals surface area contributed by atoms with Gasteiger partial charge in [-0.1, -0.05) is 17.3 Å². The van der Waals surface area contributed by atoms with Gasteiger partial charge < -0.3 is 14.6 Å². The van der Waals surface area contributed by atoms with Gasteiger partial charge in [-0.05, 0) is 48.9 Å². The van der Waals surface area contributed by atoms with Crippen molar-refractivity contribution in [1.29, 1.82) is 0 Å². The Kier molecular flexibility index (Phi) is 5.51. The van der Waals surface area contributed by atoms with Crippen LogP contribution in [0.3, 0.4) is 0 Å². The molecule has 1 atom stereocenters. The Bertz CT molecular complexity index is 1100. The normalized spacial score (nSPS) is 11.8. The minimum absolute atomic E-state index is 0.153. The zero-order valence-electron chi connectivity index (χ0n) is 16.5. The molecule has 0 radical (unpaired) electrons. The second kappa shape index (κ2) is 8.56. The van der Waals surface area contributed by atoms with E-state index in [-0.39, 0.29) is 18.6 Å². The van der Waals surface area contributed by atoms with E-state index in [0.717, 1.165) is 11.3 Å². The second-order valence-corrected chi connectivity index (χ2v) is 6.67. The van der Waals surface area contributed by atoms with Gasteiger partial charge in [0.1, 0.15) is 18.4 Å². The maximum atomic E-state index is 12.6. The van der Waals surface area contributed by atoms with Crippen molar-refractivity contribution in [2.75, 3.05) is 0 Å². The summed E-state index contributed by atoms with van der Waals surface area (Å²) in [6.45, 7) is 3.85. The summed E-state index contributed by atoms with van der Waals surface area (Å²) in [5.74, 6) is 1.41. The summed E-state index contributed by atoms with van der Waals surface area (Å²) < 4.78 is 12.2. The molecule has 2 heterocycles. The molecule has 0 saturated carbocycles. The van der Waals surface area contributed by atoms with Crippen molar-refractivity contribution in [3.8, 4) is 11.4 Å². The first-order valence-electron chi connectivity index (χ1n) is 9.36. The molecule has 30 heavy (non-hydrogen) atoms. The number of aromatic nitrogens is 5. The lowest BCUT2D eigenvalue weighted by atomic mass is 10.1. The van der Waals surface area contributed by atoms with Crippen molar-refractivity contribution in [1.82, 2.24) is 30.2 Å². The molecule has 0 bridgehead atoms. The lowest BCUT2D eigenvalue weighted by Gasteiger charge is -2.15. The molecule has 0 aliphatic rings. The van der Waals surface area contributed by atoms with Crippen LogP contribution < -0.4 is 10.1 Å². The van der Waals surface area contributed by atoms with Crippen LogP contribution in [0.25, 0.3) is 5.69 Å². The highest BCUT2D eigenvalue weighted by Gasteiger charge is 2.12. The summed E-state index contributed by atoms with van der Waals surface area (Å²) in [5.41, 5.74) is 2.44. The fourth-order valence-electron chi connectivity index (χ4n) is 2.87. The van der Waals surface area contributed by atoms with Crippen LogP contribution in [0.4, 0.5) is 0 Å². The summed E-state index contributed by atoms with van der Waals surface area (Å²) in [7, 11) is 0. The molecule has 1 unspecified atom stereocenters. The molecule has 0 fully saturated rings. The summed E-state index contributed by atoms with van der Waals surface area (Å²) >= 11 is 0. The minimum atomic E-state index is -0.164. The molecule has 4 rings (SSSR count). The van der Waals surface area contributed by atoms with Gasteiger partial charge in [0, 0.05) is 12.5 Å². The number of nitrogens with zero attached hydrogens (tertiary/aromatic N) is 5. The van der Waals surface area contributed by atoms with Gasteiger partial charge in [-0.15, -0.1) is 0 Å². The Morgan fingerprint density at radius 2 is 1.93 bits per heavy atom. The van der Waals surface area contributed by atoms with Gasteiger partial charge in [0.2, 0.25) is 11.7 Å². The van der Waals surface area contributed by atoms with Gasteiger partial charge in [-0.3, -0.25) is 4.79 Å². The standard InChI is InChI=1S/C21H20N6O3/c1-14(16-3-7-18(8-4-16)27-13-22-12-23-27)24-21(28)17-5-9-19(10-6-17)29-11-20-25-15(2)30-26-20/h3-10,12-14H,11H2,1-2H3,(H,24,28). The number of carbonyl (C=O) groups is 1. The third kappa shape index (κ3) is 4.52. The van der Waals surface area contributed by atoms with Crippen molar-refractivity contribution < 1.29 is 14.1 Å². The molecule has 1 N–H and O–H groups in total. The molecule has 9 heteroatoms. The largest absolute Gasteiger partial charge is 0.485 e. The Morgan fingerprint density at radius 3 is 2.57 bits per heavy atom. The fourth-order valence-corrected chi connectivity index (χ4v) is 2.87. The molecule has 4 aromatic rings. The predicted octanol–water partition coefficient (Wildman–Crippen LogP) is 3.03. The predicted molar refractivity (Wildman–Crippen MR) is 107 cm³/mol. The number of amides is 1. The quantitative estimate of drug-likeness (QED) is 0.504. The van der Waals surface area contributed by atoms with Crippen LogP contribution in [0.2, 0.25) is 0 Å². The molecule has 1 amide bonds.